The molecule has 0 aliphatic heterocycles. The molecule has 0 amide bonds. The summed E-state index contributed by atoms with van der Waals surface area (Å²) >= 11 is 4.80. The first-order chi connectivity index (χ1) is 6.08. The number of thiocarbonyl (C=S) groups is 1. The van der Waals surface area contributed by atoms with Gasteiger partial charge in [0.05, 0.1) is 0 Å². The summed E-state index contributed by atoms with van der Waals surface area (Å²) in [5.74, 6) is 0. The van der Waals surface area contributed by atoms with Crippen molar-refractivity contribution in [2.24, 2.45) is 4.40 Å². The minimum Gasteiger partial charge on any atom is -0.210 e. The van der Waals surface area contributed by atoms with Crippen LogP contribution in [0.4, 0.5) is 0 Å². The summed E-state index contributed by atoms with van der Waals surface area (Å²) in [5.41, 5.74) is 0. The topological polar surface area (TPSA) is 63.6 Å². The molecule has 1 rings (SSSR count). The Morgan fingerprint density at radius 3 is 2.77 bits per heavy atom. The van der Waals surface area contributed by atoms with E-state index >= 15 is 0 Å². The maximum Gasteiger partial charge on any atom is 0.293 e. The first-order valence-corrected chi connectivity index (χ1v) is 5.17. The van der Waals surface area contributed by atoms with Gasteiger partial charge in [0.25, 0.3) is 16.1 Å². The van der Waals surface area contributed by atoms with Crippen molar-refractivity contribution in [3.05, 3.63) is 23.1 Å². The van der Waals surface area contributed by atoms with E-state index in [2.05, 4.69) is 4.40 Å². The number of rotatable bonds is 2. The second kappa shape index (κ2) is 3.74. The van der Waals surface area contributed by atoms with Crippen LogP contribution in [0, 0.1) is 0 Å². The van der Waals surface area contributed by atoms with E-state index in [9.17, 15) is 13.2 Å². The van der Waals surface area contributed by atoms with Crippen molar-refractivity contribution in [3.63, 3.8) is 0 Å². The van der Waals surface area contributed by atoms with E-state index in [1.54, 1.807) is 12.2 Å². The predicted molar refractivity (Wildman–Crippen MR) is 51.5 cm³/mol. The number of carbonyl (C=O) groups excluding carboxylic acids is 1. The van der Waals surface area contributed by atoms with E-state index in [-0.39, 0.29) is 9.77 Å². The van der Waals surface area contributed by atoms with Crippen molar-refractivity contribution >= 4 is 33.2 Å². The molecule has 0 spiro atoms. The summed E-state index contributed by atoms with van der Waals surface area (Å²) < 4.78 is 25.1. The van der Waals surface area contributed by atoms with E-state index in [1.807, 2.05) is 0 Å². The first kappa shape index (κ1) is 9.98. The third kappa shape index (κ3) is 2.18. The summed E-state index contributed by atoms with van der Waals surface area (Å²) in [5, 5.41) is 0. The Balaban J connectivity index is 3.22. The molecular formula is C7H5NO3S2. The van der Waals surface area contributed by atoms with E-state index in [0.29, 0.717) is 6.42 Å². The maximum absolute atomic E-state index is 11.2. The average Bonchev–Trinajstić information content (AvgIpc) is 2.04. The van der Waals surface area contributed by atoms with Gasteiger partial charge in [-0.05, 0) is 6.08 Å². The van der Waals surface area contributed by atoms with Crippen LogP contribution in [-0.2, 0) is 14.8 Å². The molecule has 0 radical (unpaired) electrons. The lowest BCUT2D eigenvalue weighted by molar-refractivity contribution is 0.564. The van der Waals surface area contributed by atoms with Crippen molar-refractivity contribution < 1.29 is 13.2 Å². The van der Waals surface area contributed by atoms with Crippen molar-refractivity contribution in [3.8, 4) is 0 Å². The standard InChI is InChI=1S/C7H5NO3S2/c9-5-8-13(10,11)7-4-2-1-3-6(7)12/h1-2,4H,3H2. The summed E-state index contributed by atoms with van der Waals surface area (Å²) in [6.45, 7) is 0. The molecular weight excluding hydrogens is 210 g/mol. The van der Waals surface area contributed by atoms with Gasteiger partial charge in [-0.1, -0.05) is 28.8 Å². The Morgan fingerprint density at radius 2 is 2.23 bits per heavy atom. The molecule has 4 nitrogen and oxygen atoms in total. The van der Waals surface area contributed by atoms with Gasteiger partial charge < -0.3 is 0 Å². The van der Waals surface area contributed by atoms with Gasteiger partial charge in [-0.2, -0.15) is 8.42 Å². The fourth-order valence-corrected chi connectivity index (χ4v) is 2.15. The summed E-state index contributed by atoms with van der Waals surface area (Å²) in [6.07, 6.45) is 5.98. The van der Waals surface area contributed by atoms with Crippen LogP contribution in [0.1, 0.15) is 6.42 Å². The maximum atomic E-state index is 11.2. The van der Waals surface area contributed by atoms with Crippen LogP contribution in [0.15, 0.2) is 27.5 Å². The highest BCUT2D eigenvalue weighted by atomic mass is 32.2. The van der Waals surface area contributed by atoms with E-state index in [4.69, 9.17) is 12.2 Å². The molecule has 0 unspecified atom stereocenters. The summed E-state index contributed by atoms with van der Waals surface area (Å²) in [7, 11) is -3.91. The Kier molecular flexibility index (Phi) is 2.87. The molecule has 0 atom stereocenters. The summed E-state index contributed by atoms with van der Waals surface area (Å²) in [4.78, 5) is 9.99. The molecule has 13 heavy (non-hydrogen) atoms. The van der Waals surface area contributed by atoms with E-state index in [1.165, 1.54) is 6.08 Å². The molecule has 0 bridgehead atoms. The average molecular weight is 215 g/mol. The second-order valence-corrected chi connectivity index (χ2v) is 4.31. The molecule has 0 heterocycles. The molecule has 0 aromatic rings. The number of allylic oxidation sites excluding steroid dienone is 4. The van der Waals surface area contributed by atoms with Gasteiger partial charge >= 0.3 is 0 Å². The number of hydrogen-bond donors (Lipinski definition) is 0. The third-order valence-corrected chi connectivity index (χ3v) is 3.17. The molecule has 1 aliphatic rings. The van der Waals surface area contributed by atoms with Crippen LogP contribution in [-0.4, -0.2) is 19.4 Å². The highest BCUT2D eigenvalue weighted by Crippen LogP contribution is 2.17. The highest BCUT2D eigenvalue weighted by molar-refractivity contribution is 7.97. The van der Waals surface area contributed by atoms with Crippen LogP contribution in [0.2, 0.25) is 0 Å². The number of nitrogens with zero attached hydrogens (tertiary/aromatic N) is 1. The molecule has 0 saturated carbocycles. The van der Waals surface area contributed by atoms with Crippen LogP contribution in [0.5, 0.6) is 0 Å². The van der Waals surface area contributed by atoms with Crippen molar-refractivity contribution in [2.45, 2.75) is 6.42 Å². The molecule has 0 fully saturated rings. The number of hydrogen-bond acceptors (Lipinski definition) is 4. The zero-order chi connectivity index (χ0) is 9.90. The van der Waals surface area contributed by atoms with Gasteiger partial charge in [0.1, 0.15) is 4.91 Å². The fraction of sp³-hybridized carbons (Fsp3) is 0.143. The zero-order valence-electron chi connectivity index (χ0n) is 6.43. The van der Waals surface area contributed by atoms with Gasteiger partial charge in [0, 0.05) is 11.3 Å². The minimum atomic E-state index is -3.91. The Morgan fingerprint density at radius 1 is 1.54 bits per heavy atom. The van der Waals surface area contributed by atoms with Crippen molar-refractivity contribution in [1.29, 1.82) is 0 Å². The van der Waals surface area contributed by atoms with E-state index < -0.39 is 10.0 Å². The quantitative estimate of drug-likeness (QED) is 0.389. The van der Waals surface area contributed by atoms with Gasteiger partial charge in [0.15, 0.2) is 0 Å². The monoisotopic (exact) mass is 215 g/mol. The molecule has 0 N–H and O–H groups in total. The van der Waals surface area contributed by atoms with Gasteiger partial charge in [-0.15, -0.1) is 0 Å². The molecule has 0 aromatic carbocycles. The van der Waals surface area contributed by atoms with Crippen molar-refractivity contribution in [2.75, 3.05) is 0 Å². The van der Waals surface area contributed by atoms with Crippen molar-refractivity contribution in [1.82, 2.24) is 0 Å². The van der Waals surface area contributed by atoms with Gasteiger partial charge in [0.2, 0.25) is 0 Å². The largest absolute Gasteiger partial charge is 0.293 e. The van der Waals surface area contributed by atoms with Gasteiger partial charge in [-0.25, -0.2) is 4.79 Å². The lowest BCUT2D eigenvalue weighted by Crippen LogP contribution is -2.10. The smallest absolute Gasteiger partial charge is 0.210 e. The predicted octanol–water partition coefficient (Wildman–Crippen LogP) is 0.866. The molecule has 1 aliphatic carbocycles. The minimum absolute atomic E-state index is 0.0895. The molecule has 0 saturated heterocycles. The third-order valence-electron chi connectivity index (χ3n) is 1.40. The molecule has 0 aromatic heterocycles. The lowest BCUT2D eigenvalue weighted by atomic mass is 10.2. The number of isocyanates is 1. The number of sulfonamides is 1. The summed E-state index contributed by atoms with van der Waals surface area (Å²) in [6, 6.07) is 0. The normalized spacial score (nSPS) is 16.3. The van der Waals surface area contributed by atoms with Crippen LogP contribution < -0.4 is 0 Å². The fourth-order valence-electron chi connectivity index (χ4n) is 0.852. The molecule has 68 valence electrons. The Labute approximate surface area is 80.7 Å². The Hall–Kier alpha value is -1.10. The second-order valence-electron chi connectivity index (χ2n) is 2.24. The first-order valence-electron chi connectivity index (χ1n) is 3.32. The molecule has 6 heteroatoms. The lowest BCUT2D eigenvalue weighted by Gasteiger charge is -2.05. The van der Waals surface area contributed by atoms with Crippen LogP contribution in [0.25, 0.3) is 0 Å². The van der Waals surface area contributed by atoms with Gasteiger partial charge in [-0.3, -0.25) is 0 Å². The van der Waals surface area contributed by atoms with Crippen LogP contribution in [0.3, 0.4) is 0 Å². The highest BCUT2D eigenvalue weighted by Gasteiger charge is 2.21. The van der Waals surface area contributed by atoms with E-state index in [0.717, 1.165) is 6.08 Å². The zero-order valence-corrected chi connectivity index (χ0v) is 8.06. The SMILES string of the molecule is O=C=NS(=O)(=O)C1=CC=CCC1=S. The Bertz CT molecular complexity index is 438. The van der Waals surface area contributed by atoms with Crippen LogP contribution >= 0.6 is 12.2 Å².